The van der Waals surface area contributed by atoms with Crippen molar-refractivity contribution in [1.82, 2.24) is 0 Å². The van der Waals surface area contributed by atoms with Gasteiger partial charge in [0.1, 0.15) is 5.75 Å². The quantitative estimate of drug-likeness (QED) is 0.807. The lowest BCUT2D eigenvalue weighted by molar-refractivity contribution is -0.174. The van der Waals surface area contributed by atoms with E-state index in [0.717, 1.165) is 23.3 Å². The van der Waals surface area contributed by atoms with E-state index >= 15 is 0 Å². The highest BCUT2D eigenvalue weighted by Gasteiger charge is 2.55. The molecule has 4 nitrogen and oxygen atoms in total. The molecule has 1 aliphatic rings. The third-order valence-electron chi connectivity index (χ3n) is 6.12. The normalized spacial score (nSPS) is 27.8. The predicted molar refractivity (Wildman–Crippen MR) is 105 cm³/mol. The van der Waals surface area contributed by atoms with Gasteiger partial charge in [0.25, 0.3) is 0 Å². The summed E-state index contributed by atoms with van der Waals surface area (Å²) in [6.45, 7) is 1.93. The van der Waals surface area contributed by atoms with Gasteiger partial charge in [-0.25, -0.2) is 0 Å². The van der Waals surface area contributed by atoms with Crippen LogP contribution in [0, 0.1) is 11.3 Å². The van der Waals surface area contributed by atoms with Crippen LogP contribution in [0.25, 0.3) is 0 Å². The lowest BCUT2D eigenvalue weighted by atomic mass is 9.57. The fraction of sp³-hybridized carbons (Fsp3) is 0.435. The molecule has 4 heteroatoms. The van der Waals surface area contributed by atoms with Crippen molar-refractivity contribution in [3.63, 3.8) is 0 Å². The molecule has 0 unspecified atom stereocenters. The molecular weight excluding hydrogens is 340 g/mol. The second-order valence-electron chi connectivity index (χ2n) is 7.66. The number of hydrogen-bond donors (Lipinski definition) is 1. The summed E-state index contributed by atoms with van der Waals surface area (Å²) in [7, 11) is 3.05. The van der Waals surface area contributed by atoms with Gasteiger partial charge in [0.15, 0.2) is 0 Å². The third-order valence-corrected chi connectivity index (χ3v) is 6.12. The Labute approximate surface area is 161 Å². The minimum Gasteiger partial charge on any atom is -0.497 e. The lowest BCUT2D eigenvalue weighted by Crippen LogP contribution is -2.53. The van der Waals surface area contributed by atoms with E-state index in [2.05, 4.69) is 0 Å². The molecule has 0 heterocycles. The minimum absolute atomic E-state index is 0.255. The van der Waals surface area contributed by atoms with Gasteiger partial charge in [-0.2, -0.15) is 0 Å². The summed E-state index contributed by atoms with van der Waals surface area (Å²) >= 11 is 0. The Hall–Kier alpha value is -2.33. The maximum atomic E-state index is 12.8. The Morgan fingerprint density at radius 3 is 2.33 bits per heavy atom. The summed E-state index contributed by atoms with van der Waals surface area (Å²) in [5.41, 5.74) is 0.0615. The van der Waals surface area contributed by atoms with Crippen molar-refractivity contribution in [2.75, 3.05) is 14.2 Å². The van der Waals surface area contributed by atoms with Gasteiger partial charge in [-0.1, -0.05) is 42.5 Å². The monoisotopic (exact) mass is 368 g/mol. The predicted octanol–water partition coefficient (Wildman–Crippen LogP) is 4.10. The number of hydrogen-bond acceptors (Lipinski definition) is 4. The molecule has 1 saturated carbocycles. The number of ether oxygens (including phenoxy) is 2. The first-order valence-corrected chi connectivity index (χ1v) is 9.43. The second kappa shape index (κ2) is 7.73. The van der Waals surface area contributed by atoms with Crippen LogP contribution in [0.4, 0.5) is 0 Å². The summed E-state index contributed by atoms with van der Waals surface area (Å²) < 4.78 is 10.4. The molecule has 0 saturated heterocycles. The molecule has 2 aromatic rings. The van der Waals surface area contributed by atoms with E-state index in [0.29, 0.717) is 19.3 Å². The standard InChI is InChI=1S/C23H28O4/c1-22(21(24)27-3)14-7-15-23(25,18-10-12-19(26-2)13-11-18)20(22)16-17-8-5-4-6-9-17/h4-6,8-13,20,25H,7,14-16H2,1-3H3/t20-,22-,23-/m0/s1. The molecule has 3 atom stereocenters. The van der Waals surface area contributed by atoms with Crippen molar-refractivity contribution in [2.24, 2.45) is 11.3 Å². The van der Waals surface area contributed by atoms with Gasteiger partial charge in [0.2, 0.25) is 0 Å². The zero-order chi connectivity index (χ0) is 19.5. The van der Waals surface area contributed by atoms with E-state index < -0.39 is 11.0 Å². The second-order valence-corrected chi connectivity index (χ2v) is 7.66. The van der Waals surface area contributed by atoms with Crippen LogP contribution < -0.4 is 4.74 Å². The van der Waals surface area contributed by atoms with Crippen molar-refractivity contribution in [3.8, 4) is 5.75 Å². The molecule has 0 radical (unpaired) electrons. The third kappa shape index (κ3) is 3.59. The number of benzene rings is 2. The molecule has 0 amide bonds. The van der Waals surface area contributed by atoms with E-state index in [4.69, 9.17) is 9.47 Å². The average molecular weight is 368 g/mol. The largest absolute Gasteiger partial charge is 0.497 e. The molecule has 0 aliphatic heterocycles. The number of methoxy groups -OCH3 is 2. The number of carbonyl (C=O) groups excluding carboxylic acids is 1. The topological polar surface area (TPSA) is 55.8 Å². The Balaban J connectivity index is 2.06. The highest BCUT2D eigenvalue weighted by atomic mass is 16.5. The minimum atomic E-state index is -1.11. The molecular formula is C23H28O4. The molecule has 3 rings (SSSR count). The first-order valence-electron chi connectivity index (χ1n) is 9.43. The fourth-order valence-electron chi connectivity index (χ4n) is 4.55. The smallest absolute Gasteiger partial charge is 0.311 e. The van der Waals surface area contributed by atoms with Crippen LogP contribution in [0.3, 0.4) is 0 Å². The van der Waals surface area contributed by atoms with Gasteiger partial charge >= 0.3 is 5.97 Å². The molecule has 0 aromatic heterocycles. The number of aliphatic hydroxyl groups is 1. The molecule has 1 aliphatic carbocycles. The van der Waals surface area contributed by atoms with Crippen LogP contribution >= 0.6 is 0 Å². The maximum Gasteiger partial charge on any atom is 0.311 e. The molecule has 0 bridgehead atoms. The van der Waals surface area contributed by atoms with Crippen LogP contribution in [-0.2, 0) is 21.6 Å². The molecule has 144 valence electrons. The van der Waals surface area contributed by atoms with Gasteiger partial charge in [-0.3, -0.25) is 4.79 Å². The summed E-state index contributed by atoms with van der Waals surface area (Å²) in [5, 5.41) is 11.9. The summed E-state index contributed by atoms with van der Waals surface area (Å²) in [4.78, 5) is 12.8. The summed E-state index contributed by atoms with van der Waals surface area (Å²) in [6.07, 6.45) is 2.69. The van der Waals surface area contributed by atoms with Gasteiger partial charge in [0.05, 0.1) is 25.2 Å². The van der Waals surface area contributed by atoms with Gasteiger partial charge < -0.3 is 14.6 Å². The van der Waals surface area contributed by atoms with Crippen LogP contribution in [0.2, 0.25) is 0 Å². The maximum absolute atomic E-state index is 12.8. The Kier molecular flexibility index (Phi) is 5.56. The summed E-state index contributed by atoms with van der Waals surface area (Å²) in [6, 6.07) is 17.6. The first-order chi connectivity index (χ1) is 12.9. The number of esters is 1. The van der Waals surface area contributed by atoms with Crippen LogP contribution in [0.1, 0.15) is 37.3 Å². The van der Waals surface area contributed by atoms with Crippen LogP contribution in [0.5, 0.6) is 5.75 Å². The highest BCUT2D eigenvalue weighted by Crippen LogP contribution is 2.53. The lowest BCUT2D eigenvalue weighted by Gasteiger charge is -2.49. The van der Waals surface area contributed by atoms with Crippen molar-refractivity contribution in [3.05, 3.63) is 65.7 Å². The Morgan fingerprint density at radius 2 is 1.74 bits per heavy atom. The Morgan fingerprint density at radius 1 is 1.07 bits per heavy atom. The van der Waals surface area contributed by atoms with E-state index in [1.54, 1.807) is 7.11 Å². The molecule has 1 N–H and O–H groups in total. The average Bonchev–Trinajstić information content (AvgIpc) is 2.71. The van der Waals surface area contributed by atoms with Gasteiger partial charge in [-0.15, -0.1) is 0 Å². The van der Waals surface area contributed by atoms with Crippen LogP contribution in [-0.4, -0.2) is 25.3 Å². The van der Waals surface area contributed by atoms with Crippen molar-refractivity contribution < 1.29 is 19.4 Å². The molecule has 27 heavy (non-hydrogen) atoms. The van der Waals surface area contributed by atoms with Crippen molar-refractivity contribution in [1.29, 1.82) is 0 Å². The highest BCUT2D eigenvalue weighted by molar-refractivity contribution is 5.77. The fourth-order valence-corrected chi connectivity index (χ4v) is 4.55. The molecule has 1 fully saturated rings. The molecule has 2 aromatic carbocycles. The first kappa shape index (κ1) is 19.4. The van der Waals surface area contributed by atoms with E-state index in [1.807, 2.05) is 61.5 Å². The van der Waals surface area contributed by atoms with E-state index in [-0.39, 0.29) is 11.9 Å². The number of rotatable bonds is 5. The van der Waals surface area contributed by atoms with E-state index in [9.17, 15) is 9.90 Å². The van der Waals surface area contributed by atoms with Gasteiger partial charge in [0, 0.05) is 5.92 Å². The van der Waals surface area contributed by atoms with Gasteiger partial charge in [-0.05, 0) is 55.9 Å². The SMILES string of the molecule is COC(=O)[C@@]1(C)CCC[C@](O)(c2ccc(OC)cc2)[C@H]1Cc1ccccc1. The zero-order valence-corrected chi connectivity index (χ0v) is 16.3. The van der Waals surface area contributed by atoms with Crippen molar-refractivity contribution in [2.45, 2.75) is 38.2 Å². The molecule has 0 spiro atoms. The zero-order valence-electron chi connectivity index (χ0n) is 16.3. The van der Waals surface area contributed by atoms with E-state index in [1.165, 1.54) is 7.11 Å². The summed E-state index contributed by atoms with van der Waals surface area (Å²) in [5.74, 6) is 0.200. The Bertz CT molecular complexity index is 771. The van der Waals surface area contributed by atoms with Crippen molar-refractivity contribution >= 4 is 5.97 Å². The number of carbonyl (C=O) groups is 1. The van der Waals surface area contributed by atoms with Crippen LogP contribution in [0.15, 0.2) is 54.6 Å².